The molecular weight excluding hydrogens is 296 g/mol. The Morgan fingerprint density at radius 2 is 2.17 bits per heavy atom. The lowest BCUT2D eigenvalue weighted by atomic mass is 10.00. The SMILES string of the molecule is Cn1nnc(Br)c1C(N)c1ccc2c(c1)COC2. The molecule has 94 valence electrons. The molecule has 5 nitrogen and oxygen atoms in total. The van der Waals surface area contributed by atoms with Crippen molar-refractivity contribution < 1.29 is 4.74 Å². The predicted molar refractivity (Wildman–Crippen MR) is 69.7 cm³/mol. The van der Waals surface area contributed by atoms with Gasteiger partial charge in [-0.15, -0.1) is 5.10 Å². The van der Waals surface area contributed by atoms with Crippen LogP contribution in [0.1, 0.15) is 28.4 Å². The van der Waals surface area contributed by atoms with Crippen LogP contribution in [0.5, 0.6) is 0 Å². The smallest absolute Gasteiger partial charge is 0.153 e. The van der Waals surface area contributed by atoms with Crippen molar-refractivity contribution in [1.82, 2.24) is 15.0 Å². The van der Waals surface area contributed by atoms with Gasteiger partial charge in [-0.1, -0.05) is 23.4 Å². The Hall–Kier alpha value is -1.24. The van der Waals surface area contributed by atoms with Crippen molar-refractivity contribution in [3.63, 3.8) is 0 Å². The molecule has 2 heterocycles. The zero-order chi connectivity index (χ0) is 12.7. The number of aryl methyl sites for hydroxylation is 1. The van der Waals surface area contributed by atoms with Gasteiger partial charge in [0.25, 0.3) is 0 Å². The van der Waals surface area contributed by atoms with E-state index in [1.54, 1.807) is 4.68 Å². The molecule has 0 radical (unpaired) electrons. The van der Waals surface area contributed by atoms with E-state index < -0.39 is 0 Å². The molecule has 1 aliphatic heterocycles. The van der Waals surface area contributed by atoms with E-state index in [4.69, 9.17) is 10.5 Å². The van der Waals surface area contributed by atoms with Crippen LogP contribution in [0.3, 0.4) is 0 Å². The van der Waals surface area contributed by atoms with E-state index >= 15 is 0 Å². The fraction of sp³-hybridized carbons (Fsp3) is 0.333. The van der Waals surface area contributed by atoms with Crippen LogP contribution in [-0.4, -0.2) is 15.0 Å². The average molecular weight is 309 g/mol. The molecule has 0 saturated heterocycles. The van der Waals surface area contributed by atoms with E-state index in [0.29, 0.717) is 17.8 Å². The number of hydrogen-bond acceptors (Lipinski definition) is 4. The van der Waals surface area contributed by atoms with E-state index in [1.807, 2.05) is 13.1 Å². The fourth-order valence-electron chi connectivity index (χ4n) is 2.21. The number of halogens is 1. The summed E-state index contributed by atoms with van der Waals surface area (Å²) < 4.78 is 7.79. The summed E-state index contributed by atoms with van der Waals surface area (Å²) in [6, 6.07) is 5.98. The van der Waals surface area contributed by atoms with Gasteiger partial charge >= 0.3 is 0 Å². The molecule has 0 aliphatic carbocycles. The van der Waals surface area contributed by atoms with Crippen LogP contribution in [0, 0.1) is 0 Å². The molecule has 6 heteroatoms. The van der Waals surface area contributed by atoms with E-state index in [-0.39, 0.29) is 6.04 Å². The molecule has 3 rings (SSSR count). The second-order valence-corrected chi connectivity index (χ2v) is 5.14. The summed E-state index contributed by atoms with van der Waals surface area (Å²) >= 11 is 3.38. The summed E-state index contributed by atoms with van der Waals surface area (Å²) in [4.78, 5) is 0. The van der Waals surface area contributed by atoms with Crippen molar-refractivity contribution in [3.05, 3.63) is 45.2 Å². The molecule has 0 amide bonds. The van der Waals surface area contributed by atoms with Gasteiger partial charge < -0.3 is 10.5 Å². The Labute approximate surface area is 113 Å². The third-order valence-corrected chi connectivity index (χ3v) is 3.79. The van der Waals surface area contributed by atoms with Crippen molar-refractivity contribution in [2.24, 2.45) is 12.8 Å². The molecule has 0 spiro atoms. The quantitative estimate of drug-likeness (QED) is 0.916. The van der Waals surface area contributed by atoms with E-state index in [1.165, 1.54) is 11.1 Å². The van der Waals surface area contributed by atoms with Crippen molar-refractivity contribution in [2.45, 2.75) is 19.3 Å². The summed E-state index contributed by atoms with van der Waals surface area (Å²) in [5.74, 6) is 0. The van der Waals surface area contributed by atoms with Crippen LogP contribution in [-0.2, 0) is 25.0 Å². The average Bonchev–Trinajstić information content (AvgIpc) is 2.94. The van der Waals surface area contributed by atoms with Crippen molar-refractivity contribution in [1.29, 1.82) is 0 Å². The van der Waals surface area contributed by atoms with Crippen LogP contribution in [0.25, 0.3) is 0 Å². The zero-order valence-electron chi connectivity index (χ0n) is 9.93. The van der Waals surface area contributed by atoms with Gasteiger partial charge in [0.2, 0.25) is 0 Å². The minimum Gasteiger partial charge on any atom is -0.372 e. The van der Waals surface area contributed by atoms with E-state index in [9.17, 15) is 0 Å². The maximum atomic E-state index is 6.28. The molecule has 0 saturated carbocycles. The van der Waals surface area contributed by atoms with Crippen LogP contribution < -0.4 is 5.73 Å². The first kappa shape index (κ1) is 11.8. The second kappa shape index (κ2) is 4.46. The normalized spacial score (nSPS) is 15.7. The molecule has 2 N–H and O–H groups in total. The number of fused-ring (bicyclic) bond motifs is 1. The van der Waals surface area contributed by atoms with Gasteiger partial charge in [-0.2, -0.15) is 0 Å². The molecule has 1 aliphatic rings. The number of aromatic nitrogens is 3. The van der Waals surface area contributed by atoms with E-state index in [0.717, 1.165) is 11.3 Å². The second-order valence-electron chi connectivity index (χ2n) is 4.39. The Bertz CT molecular complexity index is 576. The van der Waals surface area contributed by atoms with Crippen molar-refractivity contribution in [2.75, 3.05) is 0 Å². The largest absolute Gasteiger partial charge is 0.372 e. The highest BCUT2D eigenvalue weighted by Crippen LogP contribution is 2.28. The highest BCUT2D eigenvalue weighted by molar-refractivity contribution is 9.10. The number of rotatable bonds is 2. The van der Waals surface area contributed by atoms with Crippen molar-refractivity contribution >= 4 is 15.9 Å². The van der Waals surface area contributed by atoms with Gasteiger partial charge in [-0.05, 0) is 32.6 Å². The first-order valence-electron chi connectivity index (χ1n) is 5.67. The molecular formula is C12H13BrN4O. The lowest BCUT2D eigenvalue weighted by Gasteiger charge is -2.13. The van der Waals surface area contributed by atoms with Crippen LogP contribution in [0.15, 0.2) is 22.8 Å². The summed E-state index contributed by atoms with van der Waals surface area (Å²) in [6.45, 7) is 1.36. The lowest BCUT2D eigenvalue weighted by molar-refractivity contribution is 0.134. The molecule has 0 bridgehead atoms. The molecule has 1 unspecified atom stereocenters. The lowest BCUT2D eigenvalue weighted by Crippen LogP contribution is -2.16. The Morgan fingerprint density at radius 1 is 1.39 bits per heavy atom. The monoisotopic (exact) mass is 308 g/mol. The summed E-state index contributed by atoms with van der Waals surface area (Å²) in [6.07, 6.45) is 0. The number of nitrogens with zero attached hydrogens (tertiary/aromatic N) is 3. The van der Waals surface area contributed by atoms with Crippen LogP contribution >= 0.6 is 15.9 Å². The molecule has 18 heavy (non-hydrogen) atoms. The maximum Gasteiger partial charge on any atom is 0.153 e. The Balaban J connectivity index is 2.00. The number of hydrogen-bond donors (Lipinski definition) is 1. The number of benzene rings is 1. The minimum absolute atomic E-state index is 0.245. The van der Waals surface area contributed by atoms with Crippen molar-refractivity contribution in [3.8, 4) is 0 Å². The zero-order valence-corrected chi connectivity index (χ0v) is 11.5. The topological polar surface area (TPSA) is 66.0 Å². The first-order chi connectivity index (χ1) is 8.66. The standard InChI is InChI=1S/C12H13BrN4O/c1-17-11(12(13)15-16-17)10(14)7-2-3-8-5-18-6-9(8)4-7/h2-4,10H,5-6,14H2,1H3. The van der Waals surface area contributed by atoms with Gasteiger partial charge in [0.15, 0.2) is 4.60 Å². The molecule has 1 atom stereocenters. The third-order valence-electron chi connectivity index (χ3n) is 3.23. The molecule has 1 aromatic carbocycles. The fourth-order valence-corrected chi connectivity index (χ4v) is 2.79. The summed E-state index contributed by atoms with van der Waals surface area (Å²) in [5.41, 5.74) is 10.7. The number of nitrogens with two attached hydrogens (primary N) is 1. The Morgan fingerprint density at radius 3 is 2.89 bits per heavy atom. The molecule has 2 aromatic rings. The molecule has 0 fully saturated rings. The minimum atomic E-state index is -0.245. The van der Waals surface area contributed by atoms with Gasteiger partial charge in [-0.25, -0.2) is 4.68 Å². The Kier molecular flexibility index (Phi) is 2.93. The maximum absolute atomic E-state index is 6.28. The van der Waals surface area contributed by atoms with Gasteiger partial charge in [-0.3, -0.25) is 0 Å². The first-order valence-corrected chi connectivity index (χ1v) is 6.46. The third kappa shape index (κ3) is 1.86. The van der Waals surface area contributed by atoms with Crippen LogP contribution in [0.4, 0.5) is 0 Å². The summed E-state index contributed by atoms with van der Waals surface area (Å²) in [5, 5.41) is 7.91. The predicted octanol–water partition coefficient (Wildman–Crippen LogP) is 1.66. The van der Waals surface area contributed by atoms with Crippen LogP contribution in [0.2, 0.25) is 0 Å². The van der Waals surface area contributed by atoms with Gasteiger partial charge in [0, 0.05) is 7.05 Å². The van der Waals surface area contributed by atoms with Gasteiger partial charge in [0.05, 0.1) is 24.9 Å². The number of ether oxygens (including phenoxy) is 1. The molecule has 1 aromatic heterocycles. The van der Waals surface area contributed by atoms with E-state index in [2.05, 4.69) is 38.4 Å². The summed E-state index contributed by atoms with van der Waals surface area (Å²) in [7, 11) is 1.84. The van der Waals surface area contributed by atoms with Gasteiger partial charge in [0.1, 0.15) is 0 Å². The highest BCUT2D eigenvalue weighted by Gasteiger charge is 2.20. The highest BCUT2D eigenvalue weighted by atomic mass is 79.9.